The molecule has 6 N–H and O–H groups in total. The fourth-order valence-corrected chi connectivity index (χ4v) is 7.93. The van der Waals surface area contributed by atoms with Gasteiger partial charge in [0.1, 0.15) is 5.82 Å². The summed E-state index contributed by atoms with van der Waals surface area (Å²) in [5.41, 5.74) is 8.59. The first-order chi connectivity index (χ1) is 21.0. The maximum Gasteiger partial charge on any atom is 0.242 e. The van der Waals surface area contributed by atoms with E-state index in [1.165, 1.54) is 6.20 Å². The molecule has 2 fully saturated rings. The fraction of sp³-hybridized carbons (Fsp3) is 0.452. The molecular weight excluding hydrogens is 607 g/mol. The fourth-order valence-electron chi connectivity index (χ4n) is 5.94. The normalized spacial score (nSPS) is 23.3. The summed E-state index contributed by atoms with van der Waals surface area (Å²) in [5.74, 6) is -0.878. The lowest BCUT2D eigenvalue weighted by Crippen LogP contribution is -2.55. The number of aromatic nitrogens is 2. The van der Waals surface area contributed by atoms with E-state index in [4.69, 9.17) is 22.1 Å². The third kappa shape index (κ3) is 7.68. The molecule has 2 bridgehead atoms. The number of piperazine rings is 1. The molecule has 3 aromatic rings. The van der Waals surface area contributed by atoms with Crippen LogP contribution in [0, 0.1) is 5.82 Å². The van der Waals surface area contributed by atoms with Gasteiger partial charge < -0.3 is 21.1 Å². The molecule has 2 aromatic heterocycles. The number of nitrogens with zero attached hydrogens (tertiary/aromatic N) is 3. The number of hydrogen-bond acceptors (Lipinski definition) is 9. The highest BCUT2D eigenvalue weighted by Crippen LogP contribution is 2.49. The van der Waals surface area contributed by atoms with Gasteiger partial charge in [-0.05, 0) is 62.8 Å². The van der Waals surface area contributed by atoms with Gasteiger partial charge in [0.15, 0.2) is 0 Å². The van der Waals surface area contributed by atoms with E-state index in [2.05, 4.69) is 20.6 Å². The van der Waals surface area contributed by atoms with E-state index in [1.807, 2.05) is 32.0 Å². The Morgan fingerprint density at radius 1 is 1.20 bits per heavy atom. The van der Waals surface area contributed by atoms with Crippen LogP contribution in [0.3, 0.4) is 0 Å². The first-order valence-electron chi connectivity index (χ1n) is 14.8. The van der Waals surface area contributed by atoms with Crippen molar-refractivity contribution >= 4 is 34.0 Å². The highest BCUT2D eigenvalue weighted by molar-refractivity contribution is 8.22. The molecule has 0 spiro atoms. The minimum absolute atomic E-state index is 0.0470. The molecule has 238 valence electrons. The standard InChI is InChI=1S/C31H40ClFN6O4S/c1-19(2)43-28-12-7-21(14-37-28)29(20-5-8-22(32)9-6-20)30(34)31(40)38-27-17-35-16-26(33)25(27)11-10-24-15-36-23-4-3-13-44(41,42)39(24)18-23/h5-9,12,14,16-17,19,23-24,29-30,36,41-42H,3-4,10-11,13,15,18,34H2,1-2H3,(H,38,40)/t23-,24+,29+,30+/m1/s1. The molecule has 5 atom stereocenters. The van der Waals surface area contributed by atoms with Gasteiger partial charge in [0.05, 0.1) is 36.0 Å². The Kier molecular flexibility index (Phi) is 10.4. The van der Waals surface area contributed by atoms with Crippen molar-refractivity contribution in [2.24, 2.45) is 5.73 Å². The lowest BCUT2D eigenvalue weighted by atomic mass is 9.85. The first-order valence-corrected chi connectivity index (χ1v) is 16.9. The Balaban J connectivity index is 1.35. The van der Waals surface area contributed by atoms with E-state index in [9.17, 15) is 13.9 Å². The molecule has 5 rings (SSSR count). The Morgan fingerprint density at radius 3 is 2.66 bits per heavy atom. The summed E-state index contributed by atoms with van der Waals surface area (Å²) >= 11 is 6.14. The molecular formula is C31H40ClFN6O4S. The lowest BCUT2D eigenvalue weighted by Gasteiger charge is -2.49. The van der Waals surface area contributed by atoms with Crippen molar-refractivity contribution in [1.29, 1.82) is 0 Å². The molecule has 10 nitrogen and oxygen atoms in total. The molecule has 4 heterocycles. The third-order valence-corrected chi connectivity index (χ3v) is 10.4. The van der Waals surface area contributed by atoms with Gasteiger partial charge in [-0.3, -0.25) is 18.9 Å². The lowest BCUT2D eigenvalue weighted by molar-refractivity contribution is -0.117. The maximum absolute atomic E-state index is 15.2. The Labute approximate surface area is 264 Å². The average molecular weight is 647 g/mol. The topological polar surface area (TPSA) is 146 Å². The van der Waals surface area contributed by atoms with Crippen LogP contribution in [0.4, 0.5) is 10.1 Å². The Morgan fingerprint density at radius 2 is 1.95 bits per heavy atom. The monoisotopic (exact) mass is 646 g/mol. The van der Waals surface area contributed by atoms with Crippen LogP contribution in [-0.4, -0.2) is 72.4 Å². The molecule has 2 saturated heterocycles. The van der Waals surface area contributed by atoms with Crippen LogP contribution >= 0.6 is 22.4 Å². The number of fused-ring (bicyclic) bond motifs is 2. The second kappa shape index (κ2) is 14.1. The number of benzene rings is 1. The summed E-state index contributed by atoms with van der Waals surface area (Å²) < 4.78 is 44.2. The summed E-state index contributed by atoms with van der Waals surface area (Å²) in [6, 6.07) is 9.57. The van der Waals surface area contributed by atoms with Crippen molar-refractivity contribution in [2.75, 3.05) is 24.2 Å². The van der Waals surface area contributed by atoms with Crippen molar-refractivity contribution < 1.29 is 23.0 Å². The quantitative estimate of drug-likeness (QED) is 0.201. The molecule has 1 unspecified atom stereocenters. The number of carbonyl (C=O) groups excluding carboxylic acids is 1. The van der Waals surface area contributed by atoms with Crippen molar-refractivity contribution in [2.45, 2.75) is 69.7 Å². The number of nitrogens with one attached hydrogen (secondary N) is 2. The minimum atomic E-state index is -2.89. The molecule has 13 heteroatoms. The van der Waals surface area contributed by atoms with Gasteiger partial charge in [-0.25, -0.2) is 13.7 Å². The van der Waals surface area contributed by atoms with Crippen LogP contribution in [-0.2, 0) is 11.2 Å². The van der Waals surface area contributed by atoms with Gasteiger partial charge in [0, 0.05) is 53.9 Å². The summed E-state index contributed by atoms with van der Waals surface area (Å²) in [5, 5.41) is 6.85. The van der Waals surface area contributed by atoms with Crippen molar-refractivity contribution in [3.8, 4) is 5.88 Å². The summed E-state index contributed by atoms with van der Waals surface area (Å²) in [7, 11) is -2.89. The van der Waals surface area contributed by atoms with Gasteiger partial charge in [-0.1, -0.05) is 29.8 Å². The minimum Gasteiger partial charge on any atom is -0.475 e. The Bertz CT molecular complexity index is 1430. The number of halogens is 2. The van der Waals surface area contributed by atoms with E-state index >= 15 is 4.39 Å². The van der Waals surface area contributed by atoms with Gasteiger partial charge in [-0.15, -0.1) is 10.8 Å². The van der Waals surface area contributed by atoms with Gasteiger partial charge in [0.2, 0.25) is 11.8 Å². The number of carbonyl (C=O) groups is 1. The summed E-state index contributed by atoms with van der Waals surface area (Å²) in [6.45, 7) is 4.92. The molecule has 0 saturated carbocycles. The van der Waals surface area contributed by atoms with Crippen molar-refractivity contribution in [1.82, 2.24) is 19.6 Å². The third-order valence-electron chi connectivity index (χ3n) is 8.15. The van der Waals surface area contributed by atoms with Crippen LogP contribution in [0.1, 0.15) is 55.7 Å². The molecule has 2 aliphatic rings. The van der Waals surface area contributed by atoms with Crippen LogP contribution in [0.2, 0.25) is 5.02 Å². The number of hydrogen-bond donors (Lipinski definition) is 5. The van der Waals surface area contributed by atoms with Crippen LogP contribution < -0.4 is 21.1 Å². The van der Waals surface area contributed by atoms with Gasteiger partial charge in [-0.2, -0.15) is 0 Å². The van der Waals surface area contributed by atoms with Crippen LogP contribution in [0.15, 0.2) is 55.0 Å². The zero-order valence-corrected chi connectivity index (χ0v) is 26.4. The van der Waals surface area contributed by atoms with E-state index in [0.717, 1.165) is 24.6 Å². The molecule has 44 heavy (non-hydrogen) atoms. The van der Waals surface area contributed by atoms with Crippen LogP contribution in [0.25, 0.3) is 0 Å². The maximum atomic E-state index is 15.2. The second-order valence-electron chi connectivity index (χ2n) is 11.7. The largest absolute Gasteiger partial charge is 0.475 e. The predicted octanol–water partition coefficient (Wildman–Crippen LogP) is 5.19. The van der Waals surface area contributed by atoms with E-state index < -0.39 is 34.5 Å². The van der Waals surface area contributed by atoms with Gasteiger partial charge >= 0.3 is 0 Å². The molecule has 0 radical (unpaired) electrons. The van der Waals surface area contributed by atoms with E-state index in [1.54, 1.807) is 28.7 Å². The smallest absolute Gasteiger partial charge is 0.242 e. The number of ether oxygens (including phenoxy) is 1. The van der Waals surface area contributed by atoms with Crippen molar-refractivity contribution in [3.05, 3.63) is 82.5 Å². The summed E-state index contributed by atoms with van der Waals surface area (Å²) in [6.07, 6.45) is 6.44. The molecule has 1 aromatic carbocycles. The number of rotatable bonds is 10. The second-order valence-corrected chi connectivity index (χ2v) is 14.2. The van der Waals surface area contributed by atoms with Crippen LogP contribution in [0.5, 0.6) is 5.88 Å². The predicted molar refractivity (Wildman–Crippen MR) is 172 cm³/mol. The van der Waals surface area contributed by atoms with E-state index in [-0.39, 0.29) is 35.9 Å². The SMILES string of the molecule is CC(C)Oc1ccc([C@H](c2ccc(Cl)cc2)[C@H](N)C(=O)Nc2cncc(F)c2CC[C@H]2CN[C@@H]3CCCS(O)(O)N2C3)cn1. The number of nitrogens with two attached hydrogens (primary N) is 1. The first kappa shape index (κ1) is 32.6. The molecule has 1 amide bonds. The number of anilines is 1. The summed E-state index contributed by atoms with van der Waals surface area (Å²) in [4.78, 5) is 22.1. The average Bonchev–Trinajstić information content (AvgIpc) is 3.10. The molecule has 2 aliphatic heterocycles. The number of pyridine rings is 2. The molecule has 0 aliphatic carbocycles. The van der Waals surface area contributed by atoms with Crippen molar-refractivity contribution in [3.63, 3.8) is 0 Å². The van der Waals surface area contributed by atoms with Gasteiger partial charge in [0.25, 0.3) is 0 Å². The zero-order valence-electron chi connectivity index (χ0n) is 24.8. The Hall–Kier alpha value is -2.84. The highest BCUT2D eigenvalue weighted by Gasteiger charge is 2.38. The van der Waals surface area contributed by atoms with E-state index in [0.29, 0.717) is 41.7 Å². The number of amides is 1. The highest BCUT2D eigenvalue weighted by atomic mass is 35.5. The zero-order chi connectivity index (χ0) is 31.4.